The minimum Gasteiger partial charge on any atom is -0.461 e. The van der Waals surface area contributed by atoms with Crippen LogP contribution in [0.2, 0.25) is 0 Å². The molecule has 0 saturated heterocycles. The van der Waals surface area contributed by atoms with E-state index in [4.69, 9.17) is 14.9 Å². The molecule has 0 aromatic carbocycles. The van der Waals surface area contributed by atoms with E-state index in [2.05, 4.69) is 0 Å². The van der Waals surface area contributed by atoms with Crippen molar-refractivity contribution in [2.45, 2.75) is 32.7 Å². The number of hydrogen-bond donors (Lipinski definition) is 2. The van der Waals surface area contributed by atoms with Crippen LogP contribution in [0, 0.1) is 0 Å². The van der Waals surface area contributed by atoms with E-state index < -0.39 is 18.2 Å². The van der Waals surface area contributed by atoms with Crippen LogP contribution in [0.15, 0.2) is 11.3 Å². The Morgan fingerprint density at radius 1 is 1.67 bits per heavy atom. The standard InChI is InChI=1S/C8H12O4/c1-4(9)3-6-5(2)7(10)8(11)12-6/h4,8-9,11H,3H2,1-2H3. The Hall–Kier alpha value is -0.870. The van der Waals surface area contributed by atoms with E-state index in [9.17, 15) is 4.79 Å². The largest absolute Gasteiger partial charge is 0.461 e. The lowest BCUT2D eigenvalue weighted by Gasteiger charge is -2.07. The van der Waals surface area contributed by atoms with E-state index in [1.165, 1.54) is 0 Å². The van der Waals surface area contributed by atoms with Crippen molar-refractivity contribution in [3.05, 3.63) is 11.3 Å². The van der Waals surface area contributed by atoms with E-state index in [-0.39, 0.29) is 6.42 Å². The Morgan fingerprint density at radius 2 is 2.25 bits per heavy atom. The Bertz CT molecular complexity index is 229. The molecule has 4 nitrogen and oxygen atoms in total. The Balaban J connectivity index is 2.71. The van der Waals surface area contributed by atoms with Gasteiger partial charge in [-0.25, -0.2) is 0 Å². The molecular weight excluding hydrogens is 160 g/mol. The lowest BCUT2D eigenvalue weighted by atomic mass is 10.1. The molecule has 12 heavy (non-hydrogen) atoms. The van der Waals surface area contributed by atoms with Crippen LogP contribution in [-0.4, -0.2) is 28.4 Å². The van der Waals surface area contributed by atoms with Gasteiger partial charge >= 0.3 is 0 Å². The summed E-state index contributed by atoms with van der Waals surface area (Å²) in [5, 5.41) is 18.0. The number of Topliss-reactive ketones (excluding diaryl/α,β-unsaturated/α-hetero) is 1. The molecule has 0 fully saturated rings. The lowest BCUT2D eigenvalue weighted by molar-refractivity contribution is -0.138. The summed E-state index contributed by atoms with van der Waals surface area (Å²) in [5.74, 6) is -0.0202. The predicted molar refractivity (Wildman–Crippen MR) is 41.1 cm³/mol. The van der Waals surface area contributed by atoms with Gasteiger partial charge in [0.25, 0.3) is 6.29 Å². The molecule has 2 unspecified atom stereocenters. The summed E-state index contributed by atoms with van der Waals surface area (Å²) in [4.78, 5) is 11.0. The lowest BCUT2D eigenvalue weighted by Crippen LogP contribution is -2.16. The summed E-state index contributed by atoms with van der Waals surface area (Å²) < 4.78 is 4.82. The topological polar surface area (TPSA) is 66.8 Å². The molecule has 2 N–H and O–H groups in total. The second-order valence-electron chi connectivity index (χ2n) is 2.94. The average molecular weight is 172 g/mol. The Morgan fingerprint density at radius 3 is 2.58 bits per heavy atom. The van der Waals surface area contributed by atoms with E-state index in [0.717, 1.165) is 0 Å². The summed E-state index contributed by atoms with van der Waals surface area (Å²) in [7, 11) is 0. The summed E-state index contributed by atoms with van der Waals surface area (Å²) in [6, 6.07) is 0. The van der Waals surface area contributed by atoms with Crippen LogP contribution >= 0.6 is 0 Å². The van der Waals surface area contributed by atoms with Crippen molar-refractivity contribution < 1.29 is 19.7 Å². The van der Waals surface area contributed by atoms with Crippen molar-refractivity contribution in [2.24, 2.45) is 0 Å². The van der Waals surface area contributed by atoms with Crippen LogP contribution in [0.25, 0.3) is 0 Å². The Kier molecular flexibility index (Phi) is 2.49. The molecule has 0 aliphatic carbocycles. The first kappa shape index (κ1) is 9.22. The summed E-state index contributed by atoms with van der Waals surface area (Å²) in [6.07, 6.45) is -1.65. The molecule has 1 aliphatic heterocycles. The third-order valence-corrected chi connectivity index (χ3v) is 1.75. The highest BCUT2D eigenvalue weighted by molar-refractivity contribution is 5.99. The van der Waals surface area contributed by atoms with Gasteiger partial charge in [-0.2, -0.15) is 0 Å². The monoisotopic (exact) mass is 172 g/mol. The van der Waals surface area contributed by atoms with Gasteiger partial charge in [-0.3, -0.25) is 4.79 Å². The zero-order valence-electron chi connectivity index (χ0n) is 7.07. The number of hydrogen-bond acceptors (Lipinski definition) is 4. The van der Waals surface area contributed by atoms with Gasteiger partial charge < -0.3 is 14.9 Å². The molecule has 0 aromatic heterocycles. The molecule has 0 bridgehead atoms. The van der Waals surface area contributed by atoms with E-state index >= 15 is 0 Å². The molecule has 1 heterocycles. The molecule has 1 aliphatic rings. The fourth-order valence-electron chi connectivity index (χ4n) is 1.07. The van der Waals surface area contributed by atoms with Crippen LogP contribution < -0.4 is 0 Å². The maximum absolute atomic E-state index is 11.0. The summed E-state index contributed by atoms with van der Waals surface area (Å²) in [6.45, 7) is 3.18. The minimum absolute atomic E-state index is 0.272. The number of carbonyl (C=O) groups is 1. The van der Waals surface area contributed by atoms with Crippen LogP contribution in [0.5, 0.6) is 0 Å². The molecule has 68 valence electrons. The average Bonchev–Trinajstić information content (AvgIpc) is 2.17. The second-order valence-corrected chi connectivity index (χ2v) is 2.94. The smallest absolute Gasteiger partial charge is 0.261 e. The number of ketones is 1. The maximum atomic E-state index is 11.0. The second kappa shape index (κ2) is 3.25. The number of aliphatic hydroxyl groups excluding tert-OH is 2. The molecule has 4 heteroatoms. The van der Waals surface area contributed by atoms with Crippen molar-refractivity contribution in [3.8, 4) is 0 Å². The first-order valence-electron chi connectivity index (χ1n) is 3.79. The minimum atomic E-state index is -1.36. The van der Waals surface area contributed by atoms with Crippen molar-refractivity contribution in [2.75, 3.05) is 0 Å². The van der Waals surface area contributed by atoms with Gasteiger partial charge in [0, 0.05) is 12.0 Å². The predicted octanol–water partition coefficient (Wildman–Crippen LogP) is -0.0510. The van der Waals surface area contributed by atoms with Gasteiger partial charge in [-0.1, -0.05) is 0 Å². The van der Waals surface area contributed by atoms with Crippen LogP contribution in [0.4, 0.5) is 0 Å². The van der Waals surface area contributed by atoms with Crippen molar-refractivity contribution in [1.82, 2.24) is 0 Å². The summed E-state index contributed by atoms with van der Waals surface area (Å²) >= 11 is 0. The van der Waals surface area contributed by atoms with Gasteiger partial charge in [0.05, 0.1) is 6.10 Å². The van der Waals surface area contributed by atoms with Crippen LogP contribution in [0.3, 0.4) is 0 Å². The van der Waals surface area contributed by atoms with Gasteiger partial charge in [0.2, 0.25) is 5.78 Å². The zero-order valence-corrected chi connectivity index (χ0v) is 7.07. The highest BCUT2D eigenvalue weighted by Crippen LogP contribution is 2.23. The first-order valence-corrected chi connectivity index (χ1v) is 3.79. The molecule has 0 spiro atoms. The van der Waals surface area contributed by atoms with E-state index in [1.54, 1.807) is 13.8 Å². The molecule has 0 amide bonds. The van der Waals surface area contributed by atoms with Gasteiger partial charge in [-0.05, 0) is 13.8 Å². The highest BCUT2D eigenvalue weighted by atomic mass is 16.6. The fourth-order valence-corrected chi connectivity index (χ4v) is 1.07. The third-order valence-electron chi connectivity index (χ3n) is 1.75. The van der Waals surface area contributed by atoms with Crippen molar-refractivity contribution in [1.29, 1.82) is 0 Å². The number of rotatable bonds is 2. The number of carbonyl (C=O) groups excluding carboxylic acids is 1. The maximum Gasteiger partial charge on any atom is 0.261 e. The number of aliphatic hydroxyl groups is 2. The fraction of sp³-hybridized carbons (Fsp3) is 0.625. The first-order chi connectivity index (χ1) is 5.52. The van der Waals surface area contributed by atoms with Gasteiger partial charge in [0.1, 0.15) is 5.76 Å². The Labute approximate surface area is 70.5 Å². The van der Waals surface area contributed by atoms with Gasteiger partial charge in [-0.15, -0.1) is 0 Å². The van der Waals surface area contributed by atoms with E-state index in [1.807, 2.05) is 0 Å². The molecule has 0 saturated carbocycles. The highest BCUT2D eigenvalue weighted by Gasteiger charge is 2.30. The SMILES string of the molecule is CC1=C(CC(C)O)OC(O)C1=O. The molecule has 0 aromatic rings. The van der Waals surface area contributed by atoms with Crippen molar-refractivity contribution >= 4 is 5.78 Å². The molecule has 2 atom stereocenters. The van der Waals surface area contributed by atoms with E-state index in [0.29, 0.717) is 11.3 Å². The van der Waals surface area contributed by atoms with Crippen LogP contribution in [0.1, 0.15) is 20.3 Å². The summed E-state index contributed by atoms with van der Waals surface area (Å²) in [5.41, 5.74) is 0.406. The normalized spacial score (nSPS) is 26.0. The molecule has 0 radical (unpaired) electrons. The zero-order chi connectivity index (χ0) is 9.30. The van der Waals surface area contributed by atoms with Crippen molar-refractivity contribution in [3.63, 3.8) is 0 Å². The van der Waals surface area contributed by atoms with Crippen LogP contribution in [-0.2, 0) is 9.53 Å². The quantitative estimate of drug-likeness (QED) is 0.612. The molecule has 1 rings (SSSR count). The number of ether oxygens (including phenoxy) is 1. The van der Waals surface area contributed by atoms with Gasteiger partial charge in [0.15, 0.2) is 0 Å². The third kappa shape index (κ3) is 1.65. The molecular formula is C8H12O4.